The molecule has 136 valence electrons. The van der Waals surface area contributed by atoms with Gasteiger partial charge in [0.25, 0.3) is 0 Å². The van der Waals surface area contributed by atoms with E-state index in [2.05, 4.69) is 26.7 Å². The highest BCUT2D eigenvalue weighted by Gasteiger charge is 2.07. The molecule has 1 aromatic heterocycles. The van der Waals surface area contributed by atoms with E-state index < -0.39 is 0 Å². The van der Waals surface area contributed by atoms with Crippen molar-refractivity contribution < 1.29 is 4.42 Å². The molecule has 6 nitrogen and oxygen atoms in total. The first-order chi connectivity index (χ1) is 13.3. The quantitative estimate of drug-likeness (QED) is 0.520. The molecule has 6 heteroatoms. The molecule has 0 aliphatic carbocycles. The number of hydrogen-bond donors (Lipinski definition) is 2. The van der Waals surface area contributed by atoms with E-state index in [1.807, 2.05) is 49.4 Å². The van der Waals surface area contributed by atoms with Crippen LogP contribution in [0.3, 0.4) is 0 Å². The van der Waals surface area contributed by atoms with Crippen molar-refractivity contribution in [2.75, 3.05) is 6.54 Å². The van der Waals surface area contributed by atoms with E-state index >= 15 is 0 Å². The molecule has 0 aliphatic heterocycles. The van der Waals surface area contributed by atoms with Gasteiger partial charge in [0.2, 0.25) is 5.89 Å². The van der Waals surface area contributed by atoms with Gasteiger partial charge in [-0.2, -0.15) is 5.26 Å². The number of benzene rings is 2. The molecule has 0 radical (unpaired) electrons. The molecule has 2 aromatic carbocycles. The fourth-order valence-corrected chi connectivity index (χ4v) is 2.47. The predicted octanol–water partition coefficient (Wildman–Crippen LogP) is 3.47. The smallest absolute Gasteiger partial charge is 0.226 e. The first-order valence-electron chi connectivity index (χ1n) is 8.79. The van der Waals surface area contributed by atoms with E-state index in [-0.39, 0.29) is 0 Å². The monoisotopic (exact) mass is 359 g/mol. The minimum atomic E-state index is 0.509. The Hall–Kier alpha value is -3.59. The molecule has 0 saturated heterocycles. The molecule has 27 heavy (non-hydrogen) atoms. The lowest BCUT2D eigenvalue weighted by Gasteiger charge is -2.10. The van der Waals surface area contributed by atoms with Crippen molar-refractivity contribution in [3.63, 3.8) is 0 Å². The zero-order valence-electron chi connectivity index (χ0n) is 15.1. The summed E-state index contributed by atoms with van der Waals surface area (Å²) in [7, 11) is 0. The van der Waals surface area contributed by atoms with E-state index in [1.165, 1.54) is 0 Å². The van der Waals surface area contributed by atoms with Crippen LogP contribution in [0.25, 0.3) is 11.5 Å². The molecule has 0 aliphatic rings. The summed E-state index contributed by atoms with van der Waals surface area (Å²) in [6.45, 7) is 3.81. The lowest BCUT2D eigenvalue weighted by Crippen LogP contribution is -2.36. The number of nitrogens with one attached hydrogen (secondary N) is 2. The second-order valence-corrected chi connectivity index (χ2v) is 5.87. The van der Waals surface area contributed by atoms with Gasteiger partial charge in [0.05, 0.1) is 30.4 Å². The van der Waals surface area contributed by atoms with Gasteiger partial charge in [0.15, 0.2) is 5.96 Å². The fraction of sp³-hybridized carbons (Fsp3) is 0.190. The zero-order chi connectivity index (χ0) is 18.9. The minimum absolute atomic E-state index is 0.509. The molecule has 0 spiro atoms. The maximum absolute atomic E-state index is 8.86. The van der Waals surface area contributed by atoms with Crippen molar-refractivity contribution in [2.45, 2.75) is 20.0 Å². The molecule has 0 fully saturated rings. The van der Waals surface area contributed by atoms with Crippen LogP contribution in [-0.4, -0.2) is 17.5 Å². The van der Waals surface area contributed by atoms with Crippen LogP contribution >= 0.6 is 0 Å². The summed E-state index contributed by atoms with van der Waals surface area (Å²) in [5, 5.41) is 15.3. The van der Waals surface area contributed by atoms with Crippen LogP contribution in [0.1, 0.15) is 23.7 Å². The van der Waals surface area contributed by atoms with Crippen LogP contribution in [0.2, 0.25) is 0 Å². The Morgan fingerprint density at radius 1 is 1.11 bits per heavy atom. The lowest BCUT2D eigenvalue weighted by molar-refractivity contribution is 0.572. The number of rotatable bonds is 6. The van der Waals surface area contributed by atoms with Crippen LogP contribution in [-0.2, 0) is 13.1 Å². The van der Waals surface area contributed by atoms with Crippen LogP contribution in [0.5, 0.6) is 0 Å². The number of aromatic nitrogens is 1. The molecule has 2 N–H and O–H groups in total. The highest BCUT2D eigenvalue weighted by molar-refractivity contribution is 5.79. The van der Waals surface area contributed by atoms with Gasteiger partial charge >= 0.3 is 0 Å². The van der Waals surface area contributed by atoms with Gasteiger partial charge in [-0.15, -0.1) is 0 Å². The fourth-order valence-electron chi connectivity index (χ4n) is 2.47. The van der Waals surface area contributed by atoms with Crippen molar-refractivity contribution in [3.8, 4) is 17.5 Å². The standard InChI is InChI=1S/C21H21N5O/c1-2-23-21(24-13-17-10-8-16(12-22)9-11-17)25-14-19-15-27-20(26-19)18-6-4-3-5-7-18/h3-11,15H,2,13-14H2,1H3,(H2,23,24,25). The Balaban J connectivity index is 1.61. The van der Waals surface area contributed by atoms with E-state index in [0.717, 1.165) is 23.4 Å². The highest BCUT2D eigenvalue weighted by atomic mass is 16.3. The molecule has 0 amide bonds. The van der Waals surface area contributed by atoms with E-state index in [0.29, 0.717) is 30.5 Å². The summed E-state index contributed by atoms with van der Waals surface area (Å²) < 4.78 is 5.56. The van der Waals surface area contributed by atoms with Gasteiger partial charge in [-0.3, -0.25) is 0 Å². The van der Waals surface area contributed by atoms with E-state index in [9.17, 15) is 0 Å². The normalized spacial score (nSPS) is 11.0. The maximum atomic E-state index is 8.86. The zero-order valence-corrected chi connectivity index (χ0v) is 15.1. The number of aliphatic imine (C=N–C) groups is 1. The average molecular weight is 359 g/mol. The molecular weight excluding hydrogens is 338 g/mol. The summed E-state index contributed by atoms with van der Waals surface area (Å²) >= 11 is 0. The Morgan fingerprint density at radius 2 is 1.89 bits per heavy atom. The number of oxazole rings is 1. The first-order valence-corrected chi connectivity index (χ1v) is 8.79. The van der Waals surface area contributed by atoms with Crippen molar-refractivity contribution in [3.05, 3.63) is 77.7 Å². The molecule has 0 bridgehead atoms. The molecule has 1 heterocycles. The molecular formula is C21H21N5O. The highest BCUT2D eigenvalue weighted by Crippen LogP contribution is 2.17. The van der Waals surface area contributed by atoms with Crippen molar-refractivity contribution in [1.82, 2.24) is 15.6 Å². The molecule has 0 unspecified atom stereocenters. The third kappa shape index (κ3) is 5.19. The number of guanidine groups is 1. The predicted molar refractivity (Wildman–Crippen MR) is 105 cm³/mol. The largest absolute Gasteiger partial charge is 0.444 e. The lowest BCUT2D eigenvalue weighted by atomic mass is 10.1. The number of hydrogen-bond acceptors (Lipinski definition) is 4. The third-order valence-corrected chi connectivity index (χ3v) is 3.86. The third-order valence-electron chi connectivity index (χ3n) is 3.86. The molecule has 3 rings (SSSR count). The van der Waals surface area contributed by atoms with Gasteiger partial charge in [0.1, 0.15) is 6.26 Å². The summed E-state index contributed by atoms with van der Waals surface area (Å²) in [6.07, 6.45) is 1.65. The van der Waals surface area contributed by atoms with Crippen molar-refractivity contribution >= 4 is 5.96 Å². The Bertz CT molecular complexity index is 923. The Labute approximate surface area is 158 Å². The van der Waals surface area contributed by atoms with Gasteiger partial charge < -0.3 is 15.1 Å². The number of nitrogens with zero attached hydrogens (tertiary/aromatic N) is 3. The Morgan fingerprint density at radius 3 is 2.59 bits per heavy atom. The van der Waals surface area contributed by atoms with Gasteiger partial charge in [-0.1, -0.05) is 30.3 Å². The van der Waals surface area contributed by atoms with Crippen molar-refractivity contribution in [2.24, 2.45) is 4.99 Å². The van der Waals surface area contributed by atoms with Gasteiger partial charge in [-0.25, -0.2) is 9.98 Å². The van der Waals surface area contributed by atoms with Crippen LogP contribution < -0.4 is 10.6 Å². The Kier molecular flexibility index (Phi) is 6.21. The SMILES string of the molecule is CCNC(=NCc1ccc(C#N)cc1)NCc1coc(-c2ccccc2)n1. The summed E-state index contributed by atoms with van der Waals surface area (Å²) in [5.41, 5.74) is 3.44. The van der Waals surface area contributed by atoms with Crippen molar-refractivity contribution in [1.29, 1.82) is 5.26 Å². The molecule has 3 aromatic rings. The van der Waals surface area contributed by atoms with Gasteiger partial charge in [-0.05, 0) is 36.8 Å². The second-order valence-electron chi connectivity index (χ2n) is 5.87. The summed E-state index contributed by atoms with van der Waals surface area (Å²) in [4.78, 5) is 9.08. The van der Waals surface area contributed by atoms with Crippen LogP contribution in [0.4, 0.5) is 0 Å². The topological polar surface area (TPSA) is 86.2 Å². The van der Waals surface area contributed by atoms with E-state index in [1.54, 1.807) is 18.4 Å². The molecule has 0 saturated carbocycles. The number of nitriles is 1. The van der Waals surface area contributed by atoms with E-state index in [4.69, 9.17) is 9.68 Å². The second kappa shape index (κ2) is 9.20. The van der Waals surface area contributed by atoms with Crippen LogP contribution in [0, 0.1) is 11.3 Å². The van der Waals surface area contributed by atoms with Crippen LogP contribution in [0.15, 0.2) is 70.3 Å². The minimum Gasteiger partial charge on any atom is -0.444 e. The summed E-state index contributed by atoms with van der Waals surface area (Å²) in [6, 6.07) is 19.3. The average Bonchev–Trinajstić information content (AvgIpc) is 3.20. The maximum Gasteiger partial charge on any atom is 0.226 e. The molecule has 0 atom stereocenters. The first kappa shape index (κ1) is 18.2. The van der Waals surface area contributed by atoms with Gasteiger partial charge in [0, 0.05) is 12.1 Å². The summed E-state index contributed by atoms with van der Waals surface area (Å²) in [5.74, 6) is 1.30.